The van der Waals surface area contributed by atoms with Crippen LogP contribution in [0.15, 0.2) is 51.9 Å². The van der Waals surface area contributed by atoms with Crippen LogP contribution in [0.5, 0.6) is 0 Å². The topological polar surface area (TPSA) is 65.1 Å². The molecule has 1 fully saturated rings. The van der Waals surface area contributed by atoms with Crippen LogP contribution in [0.25, 0.3) is 16.3 Å². The highest BCUT2D eigenvalue weighted by molar-refractivity contribution is 7.98. The standard InChI is InChI=1S/C21H20FN5OS2/c22-17-9-5-4-8-16(17)19-24-25-21(27(19)15-6-2-1-3-7-15)30-13-14-12-18(28)26-10-11-29-20(26)23-14/h4-5,8-12,15H,1-3,6-7,13H2. The number of benzene rings is 1. The van der Waals surface area contributed by atoms with Crippen LogP contribution in [-0.2, 0) is 5.75 Å². The molecule has 154 valence electrons. The van der Waals surface area contributed by atoms with Gasteiger partial charge in [-0.05, 0) is 25.0 Å². The molecule has 9 heteroatoms. The van der Waals surface area contributed by atoms with Gasteiger partial charge in [-0.1, -0.05) is 43.2 Å². The molecular formula is C21H20FN5OS2. The molecule has 3 heterocycles. The number of thiazole rings is 1. The molecule has 1 aliphatic rings. The minimum absolute atomic E-state index is 0.0855. The molecule has 0 spiro atoms. The summed E-state index contributed by atoms with van der Waals surface area (Å²) in [5.41, 5.74) is 1.09. The van der Waals surface area contributed by atoms with Crippen LogP contribution in [0, 0.1) is 5.82 Å². The van der Waals surface area contributed by atoms with Gasteiger partial charge in [-0.2, -0.15) is 0 Å². The lowest BCUT2D eigenvalue weighted by Gasteiger charge is -2.25. The molecule has 0 radical (unpaired) electrons. The van der Waals surface area contributed by atoms with E-state index in [-0.39, 0.29) is 17.4 Å². The molecule has 6 nitrogen and oxygen atoms in total. The van der Waals surface area contributed by atoms with Crippen molar-refractivity contribution in [1.29, 1.82) is 0 Å². The summed E-state index contributed by atoms with van der Waals surface area (Å²) in [7, 11) is 0. The molecule has 1 aliphatic carbocycles. The van der Waals surface area contributed by atoms with Gasteiger partial charge in [0.1, 0.15) is 5.82 Å². The molecule has 0 unspecified atom stereocenters. The zero-order chi connectivity index (χ0) is 20.5. The lowest BCUT2D eigenvalue weighted by molar-refractivity contribution is 0.339. The van der Waals surface area contributed by atoms with Gasteiger partial charge in [-0.15, -0.1) is 21.5 Å². The highest BCUT2D eigenvalue weighted by atomic mass is 32.2. The SMILES string of the molecule is O=c1cc(CSc2nnc(-c3ccccc3F)n2C2CCCCC2)nc2sccn12. The molecule has 0 saturated heterocycles. The summed E-state index contributed by atoms with van der Waals surface area (Å²) >= 11 is 2.93. The van der Waals surface area contributed by atoms with E-state index in [1.165, 1.54) is 35.6 Å². The summed E-state index contributed by atoms with van der Waals surface area (Å²) < 4.78 is 18.1. The lowest BCUT2D eigenvalue weighted by atomic mass is 9.95. The molecule has 0 aliphatic heterocycles. The molecule has 30 heavy (non-hydrogen) atoms. The average Bonchev–Trinajstić information content (AvgIpc) is 3.40. The molecule has 3 aromatic heterocycles. The minimum atomic E-state index is -0.295. The summed E-state index contributed by atoms with van der Waals surface area (Å²) in [5, 5.41) is 11.4. The summed E-state index contributed by atoms with van der Waals surface area (Å²) in [4.78, 5) is 17.5. The van der Waals surface area contributed by atoms with Gasteiger partial charge in [-0.25, -0.2) is 9.37 Å². The normalized spacial score (nSPS) is 15.1. The molecule has 5 rings (SSSR count). The van der Waals surface area contributed by atoms with Crippen LogP contribution in [0.1, 0.15) is 43.8 Å². The first-order valence-electron chi connectivity index (χ1n) is 9.99. The Hall–Kier alpha value is -2.52. The Morgan fingerprint density at radius 3 is 2.83 bits per heavy atom. The Bertz CT molecular complexity index is 1240. The van der Waals surface area contributed by atoms with E-state index in [2.05, 4.69) is 19.7 Å². The van der Waals surface area contributed by atoms with Crippen LogP contribution in [0.4, 0.5) is 4.39 Å². The first-order chi connectivity index (χ1) is 14.7. The van der Waals surface area contributed by atoms with Gasteiger partial charge in [0.15, 0.2) is 15.9 Å². The fraction of sp³-hybridized carbons (Fsp3) is 0.333. The maximum Gasteiger partial charge on any atom is 0.258 e. The van der Waals surface area contributed by atoms with Crippen molar-refractivity contribution >= 4 is 28.1 Å². The predicted molar refractivity (Wildman–Crippen MR) is 116 cm³/mol. The van der Waals surface area contributed by atoms with Gasteiger partial charge in [0.25, 0.3) is 5.56 Å². The van der Waals surface area contributed by atoms with E-state index in [4.69, 9.17) is 0 Å². The molecule has 0 amide bonds. The van der Waals surface area contributed by atoms with Gasteiger partial charge in [-0.3, -0.25) is 13.8 Å². The third-order valence-corrected chi connectivity index (χ3v) is 7.16. The number of hydrogen-bond acceptors (Lipinski definition) is 6. The second-order valence-corrected chi connectivity index (χ2v) is 9.19. The van der Waals surface area contributed by atoms with Crippen LogP contribution in [-0.4, -0.2) is 24.1 Å². The highest BCUT2D eigenvalue weighted by Crippen LogP contribution is 2.36. The first kappa shape index (κ1) is 19.4. The summed E-state index contributed by atoms with van der Waals surface area (Å²) in [6.45, 7) is 0. The predicted octanol–water partition coefficient (Wildman–Crippen LogP) is 4.95. The Kier molecular flexibility index (Phi) is 5.39. The fourth-order valence-electron chi connectivity index (χ4n) is 3.97. The van der Waals surface area contributed by atoms with E-state index >= 15 is 0 Å². The molecule has 0 atom stereocenters. The maximum absolute atomic E-state index is 14.5. The van der Waals surface area contributed by atoms with Gasteiger partial charge >= 0.3 is 0 Å². The summed E-state index contributed by atoms with van der Waals surface area (Å²) in [6.07, 6.45) is 7.33. The molecule has 1 aromatic carbocycles. The Morgan fingerprint density at radius 2 is 2.00 bits per heavy atom. The van der Waals surface area contributed by atoms with Crippen molar-refractivity contribution in [3.05, 3.63) is 63.8 Å². The number of fused-ring (bicyclic) bond motifs is 1. The second kappa shape index (κ2) is 8.31. The van der Waals surface area contributed by atoms with Crippen molar-refractivity contribution in [2.45, 2.75) is 49.1 Å². The molecule has 0 bridgehead atoms. The smallest absolute Gasteiger partial charge is 0.258 e. The van der Waals surface area contributed by atoms with Crippen LogP contribution < -0.4 is 5.56 Å². The van der Waals surface area contributed by atoms with Crippen molar-refractivity contribution in [2.75, 3.05) is 0 Å². The van der Waals surface area contributed by atoms with Crippen LogP contribution >= 0.6 is 23.1 Å². The molecule has 1 saturated carbocycles. The molecular weight excluding hydrogens is 421 g/mol. The van der Waals surface area contributed by atoms with E-state index in [1.807, 2.05) is 11.4 Å². The minimum Gasteiger partial charge on any atom is -0.299 e. The summed E-state index contributed by atoms with van der Waals surface area (Å²) in [5.74, 6) is 0.784. The van der Waals surface area contributed by atoms with Gasteiger partial charge in [0.2, 0.25) is 0 Å². The zero-order valence-electron chi connectivity index (χ0n) is 16.2. The van der Waals surface area contributed by atoms with Gasteiger partial charge in [0.05, 0.1) is 11.3 Å². The Morgan fingerprint density at radius 1 is 1.17 bits per heavy atom. The van der Waals surface area contributed by atoms with Gasteiger partial charge in [0, 0.05) is 29.4 Å². The van der Waals surface area contributed by atoms with Crippen molar-refractivity contribution in [2.24, 2.45) is 0 Å². The van der Waals surface area contributed by atoms with Crippen LogP contribution in [0.3, 0.4) is 0 Å². The Balaban J connectivity index is 1.49. The molecule has 4 aromatic rings. The zero-order valence-corrected chi connectivity index (χ0v) is 17.8. The number of thioether (sulfide) groups is 1. The lowest BCUT2D eigenvalue weighted by Crippen LogP contribution is -2.16. The first-order valence-corrected chi connectivity index (χ1v) is 11.9. The monoisotopic (exact) mass is 441 g/mol. The van der Waals surface area contributed by atoms with E-state index in [1.54, 1.807) is 28.8 Å². The number of halogens is 1. The van der Waals surface area contributed by atoms with Crippen molar-refractivity contribution in [3.8, 4) is 11.4 Å². The summed E-state index contributed by atoms with van der Waals surface area (Å²) in [6, 6.07) is 8.52. The fourth-order valence-corrected chi connectivity index (χ4v) is 5.61. The Labute approximate surface area is 180 Å². The third kappa shape index (κ3) is 3.67. The number of nitrogens with zero attached hydrogens (tertiary/aromatic N) is 5. The molecule has 0 N–H and O–H groups in total. The van der Waals surface area contributed by atoms with Crippen molar-refractivity contribution < 1.29 is 4.39 Å². The third-order valence-electron chi connectivity index (χ3n) is 5.42. The largest absolute Gasteiger partial charge is 0.299 e. The van der Waals surface area contributed by atoms with E-state index < -0.39 is 0 Å². The number of rotatable bonds is 5. The quantitative estimate of drug-likeness (QED) is 0.410. The van der Waals surface area contributed by atoms with E-state index in [0.717, 1.165) is 30.8 Å². The number of aromatic nitrogens is 5. The van der Waals surface area contributed by atoms with Gasteiger partial charge < -0.3 is 0 Å². The van der Waals surface area contributed by atoms with E-state index in [0.29, 0.717) is 27.8 Å². The van der Waals surface area contributed by atoms with Crippen molar-refractivity contribution in [1.82, 2.24) is 24.1 Å². The van der Waals surface area contributed by atoms with Crippen molar-refractivity contribution in [3.63, 3.8) is 0 Å². The number of hydrogen-bond donors (Lipinski definition) is 0. The highest BCUT2D eigenvalue weighted by Gasteiger charge is 2.25. The van der Waals surface area contributed by atoms with E-state index in [9.17, 15) is 9.18 Å². The van der Waals surface area contributed by atoms with Crippen LogP contribution in [0.2, 0.25) is 0 Å². The second-order valence-electron chi connectivity index (χ2n) is 7.38. The maximum atomic E-state index is 14.5. The average molecular weight is 442 g/mol.